The molecule has 5 heteroatoms. The molecule has 2 rings (SSSR count). The number of rotatable bonds is 2. The highest BCUT2D eigenvalue weighted by Gasteiger charge is 2.26. The second-order valence-corrected chi connectivity index (χ2v) is 7.74. The smallest absolute Gasteiger partial charge is 0.317 e. The van der Waals surface area contributed by atoms with E-state index in [0.29, 0.717) is 37.7 Å². The number of nitrogens with one attached hydrogen (secondary N) is 1. The zero-order valence-electron chi connectivity index (χ0n) is 15.4. The Morgan fingerprint density at radius 2 is 1.46 bits per heavy atom. The molecule has 0 aromatic heterocycles. The molecule has 0 aliphatic carbocycles. The van der Waals surface area contributed by atoms with Gasteiger partial charge in [-0.05, 0) is 44.4 Å². The van der Waals surface area contributed by atoms with Crippen LogP contribution >= 0.6 is 0 Å². The van der Waals surface area contributed by atoms with Gasteiger partial charge in [0.2, 0.25) is 0 Å². The fourth-order valence-electron chi connectivity index (χ4n) is 2.71. The van der Waals surface area contributed by atoms with Gasteiger partial charge in [-0.25, -0.2) is 4.79 Å². The maximum Gasteiger partial charge on any atom is 0.317 e. The number of urea groups is 1. The van der Waals surface area contributed by atoms with Crippen LogP contribution in [0.5, 0.6) is 0 Å². The largest absolute Gasteiger partial charge is 0.335 e. The molecule has 0 bridgehead atoms. The Balaban J connectivity index is 1.92. The molecule has 0 atom stereocenters. The van der Waals surface area contributed by atoms with Gasteiger partial charge in [0.15, 0.2) is 0 Å². The number of piperazine rings is 1. The molecule has 0 unspecified atom stereocenters. The van der Waals surface area contributed by atoms with Gasteiger partial charge < -0.3 is 15.1 Å². The minimum atomic E-state index is -0.248. The lowest BCUT2D eigenvalue weighted by Crippen LogP contribution is -2.56. The Morgan fingerprint density at radius 1 is 0.958 bits per heavy atom. The molecular formula is C19H29N3O2. The Labute approximate surface area is 145 Å². The third-order valence-electron chi connectivity index (χ3n) is 4.16. The first kappa shape index (κ1) is 18.3. The predicted molar refractivity (Wildman–Crippen MR) is 96.3 cm³/mol. The number of benzene rings is 1. The summed E-state index contributed by atoms with van der Waals surface area (Å²) in [7, 11) is 0. The van der Waals surface area contributed by atoms with Crippen LogP contribution < -0.4 is 5.32 Å². The lowest BCUT2D eigenvalue weighted by molar-refractivity contribution is 0.0661. The van der Waals surface area contributed by atoms with E-state index in [1.165, 1.54) is 5.56 Å². The zero-order chi connectivity index (χ0) is 17.9. The summed E-state index contributed by atoms with van der Waals surface area (Å²) >= 11 is 0. The highest BCUT2D eigenvalue weighted by atomic mass is 16.2. The van der Waals surface area contributed by atoms with E-state index in [1.54, 1.807) is 4.90 Å². The Kier molecular flexibility index (Phi) is 5.52. The van der Waals surface area contributed by atoms with E-state index in [-0.39, 0.29) is 17.5 Å². The Morgan fingerprint density at radius 3 is 1.92 bits per heavy atom. The van der Waals surface area contributed by atoms with Crippen molar-refractivity contribution >= 4 is 11.9 Å². The molecule has 1 aliphatic heterocycles. The van der Waals surface area contributed by atoms with Crippen LogP contribution in [0.15, 0.2) is 24.3 Å². The summed E-state index contributed by atoms with van der Waals surface area (Å²) in [6, 6.07) is 7.78. The zero-order valence-corrected chi connectivity index (χ0v) is 15.4. The fourth-order valence-corrected chi connectivity index (χ4v) is 2.71. The van der Waals surface area contributed by atoms with Crippen LogP contribution in [0.25, 0.3) is 0 Å². The minimum absolute atomic E-state index is 0.0428. The van der Waals surface area contributed by atoms with Crippen molar-refractivity contribution in [2.75, 3.05) is 26.2 Å². The van der Waals surface area contributed by atoms with Crippen LogP contribution in [-0.2, 0) is 0 Å². The van der Waals surface area contributed by atoms with Crippen LogP contribution in [0.3, 0.4) is 0 Å². The standard InChI is InChI=1S/C19H29N3O2/c1-14(2)15-6-8-16(9-7-15)17(23)21-10-12-22(13-11-21)18(24)20-19(3,4)5/h6-9,14H,10-13H2,1-5H3,(H,20,24). The van der Waals surface area contributed by atoms with Crippen molar-refractivity contribution in [3.05, 3.63) is 35.4 Å². The van der Waals surface area contributed by atoms with Gasteiger partial charge in [0.05, 0.1) is 0 Å². The van der Waals surface area contributed by atoms with E-state index in [0.717, 1.165) is 0 Å². The van der Waals surface area contributed by atoms with Crippen molar-refractivity contribution in [1.29, 1.82) is 0 Å². The van der Waals surface area contributed by atoms with Gasteiger partial charge in [0.25, 0.3) is 5.91 Å². The summed E-state index contributed by atoms with van der Waals surface area (Å²) in [6.07, 6.45) is 0. The van der Waals surface area contributed by atoms with Gasteiger partial charge in [-0.1, -0.05) is 26.0 Å². The van der Waals surface area contributed by atoms with Gasteiger partial charge in [0, 0.05) is 37.3 Å². The molecule has 1 saturated heterocycles. The van der Waals surface area contributed by atoms with E-state index >= 15 is 0 Å². The first-order valence-electron chi connectivity index (χ1n) is 8.64. The number of carbonyl (C=O) groups is 2. The number of carbonyl (C=O) groups excluding carboxylic acids is 2. The van der Waals surface area contributed by atoms with Crippen LogP contribution in [0, 0.1) is 0 Å². The van der Waals surface area contributed by atoms with E-state index in [2.05, 4.69) is 19.2 Å². The van der Waals surface area contributed by atoms with Crippen LogP contribution in [-0.4, -0.2) is 53.5 Å². The van der Waals surface area contributed by atoms with Gasteiger partial charge in [-0.15, -0.1) is 0 Å². The summed E-state index contributed by atoms with van der Waals surface area (Å²) in [4.78, 5) is 28.4. The lowest BCUT2D eigenvalue weighted by atomic mass is 10.0. The number of amides is 3. The monoisotopic (exact) mass is 331 g/mol. The molecule has 1 heterocycles. The van der Waals surface area contributed by atoms with Crippen molar-refractivity contribution in [3.8, 4) is 0 Å². The number of nitrogens with zero attached hydrogens (tertiary/aromatic N) is 2. The summed E-state index contributed by atoms with van der Waals surface area (Å²) in [5, 5.41) is 2.96. The number of hydrogen-bond donors (Lipinski definition) is 1. The van der Waals surface area contributed by atoms with Crippen LogP contribution in [0.2, 0.25) is 0 Å². The third kappa shape index (κ3) is 4.73. The van der Waals surface area contributed by atoms with Crippen molar-refractivity contribution in [2.45, 2.75) is 46.1 Å². The highest BCUT2D eigenvalue weighted by Crippen LogP contribution is 2.16. The van der Waals surface area contributed by atoms with E-state index in [4.69, 9.17) is 0 Å². The summed E-state index contributed by atoms with van der Waals surface area (Å²) in [6.45, 7) is 12.4. The molecule has 1 N–H and O–H groups in total. The van der Waals surface area contributed by atoms with E-state index < -0.39 is 0 Å². The molecule has 5 nitrogen and oxygen atoms in total. The van der Waals surface area contributed by atoms with E-state index in [1.807, 2.05) is 49.9 Å². The average Bonchev–Trinajstić information content (AvgIpc) is 2.53. The molecule has 3 amide bonds. The van der Waals surface area contributed by atoms with Crippen molar-refractivity contribution < 1.29 is 9.59 Å². The molecule has 132 valence electrons. The Bertz CT molecular complexity index is 580. The Hall–Kier alpha value is -2.04. The molecule has 1 aliphatic rings. The quantitative estimate of drug-likeness (QED) is 0.905. The van der Waals surface area contributed by atoms with Gasteiger partial charge >= 0.3 is 6.03 Å². The number of hydrogen-bond acceptors (Lipinski definition) is 2. The molecular weight excluding hydrogens is 302 g/mol. The third-order valence-corrected chi connectivity index (χ3v) is 4.16. The normalized spacial score (nSPS) is 15.6. The fraction of sp³-hybridized carbons (Fsp3) is 0.579. The van der Waals surface area contributed by atoms with E-state index in [9.17, 15) is 9.59 Å². The molecule has 1 fully saturated rings. The summed E-state index contributed by atoms with van der Waals surface area (Å²) in [5.74, 6) is 0.500. The van der Waals surface area contributed by atoms with Crippen LogP contribution in [0.4, 0.5) is 4.79 Å². The molecule has 24 heavy (non-hydrogen) atoms. The molecule has 1 aromatic carbocycles. The minimum Gasteiger partial charge on any atom is -0.335 e. The summed E-state index contributed by atoms with van der Waals surface area (Å²) < 4.78 is 0. The second-order valence-electron chi connectivity index (χ2n) is 7.74. The average molecular weight is 331 g/mol. The topological polar surface area (TPSA) is 52.7 Å². The van der Waals surface area contributed by atoms with Gasteiger partial charge in [-0.2, -0.15) is 0 Å². The highest BCUT2D eigenvalue weighted by molar-refractivity contribution is 5.94. The van der Waals surface area contributed by atoms with Gasteiger partial charge in [0.1, 0.15) is 0 Å². The van der Waals surface area contributed by atoms with Crippen molar-refractivity contribution in [3.63, 3.8) is 0 Å². The summed E-state index contributed by atoms with van der Waals surface area (Å²) in [5.41, 5.74) is 1.70. The first-order chi connectivity index (χ1) is 11.2. The van der Waals surface area contributed by atoms with Crippen molar-refractivity contribution in [2.24, 2.45) is 0 Å². The molecule has 0 radical (unpaired) electrons. The maximum atomic E-state index is 12.6. The van der Waals surface area contributed by atoms with Crippen molar-refractivity contribution in [1.82, 2.24) is 15.1 Å². The molecule has 1 aromatic rings. The predicted octanol–water partition coefficient (Wildman–Crippen LogP) is 3.08. The SMILES string of the molecule is CC(C)c1ccc(C(=O)N2CCN(C(=O)NC(C)(C)C)CC2)cc1. The first-order valence-corrected chi connectivity index (χ1v) is 8.64. The molecule has 0 spiro atoms. The second kappa shape index (κ2) is 7.24. The lowest BCUT2D eigenvalue weighted by Gasteiger charge is -2.36. The maximum absolute atomic E-state index is 12.6. The van der Waals surface area contributed by atoms with Gasteiger partial charge in [-0.3, -0.25) is 4.79 Å². The molecule has 0 saturated carbocycles. The van der Waals surface area contributed by atoms with Crippen LogP contribution in [0.1, 0.15) is 56.5 Å².